The Labute approximate surface area is 177 Å². The molecule has 160 valence electrons. The van der Waals surface area contributed by atoms with Gasteiger partial charge in [0.1, 0.15) is 11.6 Å². The van der Waals surface area contributed by atoms with Crippen molar-refractivity contribution in [2.75, 3.05) is 19.6 Å². The lowest BCUT2D eigenvalue weighted by atomic mass is 9.96. The second kappa shape index (κ2) is 9.94. The predicted molar refractivity (Wildman–Crippen MR) is 115 cm³/mol. The van der Waals surface area contributed by atoms with Crippen LogP contribution in [0.25, 0.3) is 0 Å². The molecule has 2 aromatic carbocycles. The van der Waals surface area contributed by atoms with Gasteiger partial charge in [-0.1, -0.05) is 24.3 Å². The molecule has 1 aliphatic carbocycles. The molecule has 0 bridgehead atoms. The molecule has 0 radical (unpaired) electrons. The molecule has 5 nitrogen and oxygen atoms in total. The molecule has 1 unspecified atom stereocenters. The van der Waals surface area contributed by atoms with E-state index in [0.29, 0.717) is 31.7 Å². The van der Waals surface area contributed by atoms with E-state index in [1.807, 2.05) is 29.2 Å². The lowest BCUT2D eigenvalue weighted by Crippen LogP contribution is -2.42. The summed E-state index contributed by atoms with van der Waals surface area (Å²) in [5, 5.41) is 6.39. The second-order valence-corrected chi connectivity index (χ2v) is 8.34. The minimum Gasteiger partial charge on any atom is -0.490 e. The Kier molecular flexibility index (Phi) is 6.84. The van der Waals surface area contributed by atoms with Crippen molar-refractivity contribution in [3.8, 4) is 5.75 Å². The standard InChI is InChI=1S/C24H30FN3O2/c25-21-8-4-19(5-9-21)16-28(17-20-12-13-26-14-20)24(29)27-15-18-6-10-23(11-7-18)30-22-2-1-3-22/h4-11,20,22,26H,1-3,12-17H2,(H,27,29). The van der Waals surface area contributed by atoms with Crippen LogP contribution in [0.5, 0.6) is 5.75 Å². The molecule has 6 heteroatoms. The Hall–Kier alpha value is -2.60. The maximum Gasteiger partial charge on any atom is 0.317 e. The second-order valence-electron chi connectivity index (χ2n) is 8.34. The quantitative estimate of drug-likeness (QED) is 0.688. The first kappa shape index (κ1) is 20.7. The maximum absolute atomic E-state index is 13.2. The molecule has 2 aromatic rings. The Morgan fingerprint density at radius 2 is 1.80 bits per heavy atom. The van der Waals surface area contributed by atoms with Gasteiger partial charge in [0.2, 0.25) is 0 Å². The molecule has 1 saturated heterocycles. The molecule has 2 fully saturated rings. The van der Waals surface area contributed by atoms with Crippen molar-refractivity contribution >= 4 is 6.03 Å². The molecule has 2 aliphatic rings. The Bertz CT molecular complexity index is 815. The minimum atomic E-state index is -0.264. The SMILES string of the molecule is O=C(NCc1ccc(OC2CCC2)cc1)N(Cc1ccc(F)cc1)CC1CCNC1. The van der Waals surface area contributed by atoms with Gasteiger partial charge < -0.3 is 20.3 Å². The highest BCUT2D eigenvalue weighted by molar-refractivity contribution is 5.74. The number of carbonyl (C=O) groups excluding carboxylic acids is 1. The van der Waals surface area contributed by atoms with Crippen molar-refractivity contribution in [1.82, 2.24) is 15.5 Å². The van der Waals surface area contributed by atoms with Gasteiger partial charge >= 0.3 is 6.03 Å². The summed E-state index contributed by atoms with van der Waals surface area (Å²) >= 11 is 0. The first-order chi connectivity index (χ1) is 14.7. The number of benzene rings is 2. The van der Waals surface area contributed by atoms with Crippen molar-refractivity contribution in [2.24, 2.45) is 5.92 Å². The van der Waals surface area contributed by atoms with Crippen LogP contribution >= 0.6 is 0 Å². The molecular formula is C24H30FN3O2. The van der Waals surface area contributed by atoms with Gasteiger partial charge in [0, 0.05) is 19.6 Å². The third kappa shape index (κ3) is 5.72. The zero-order chi connectivity index (χ0) is 20.8. The summed E-state index contributed by atoms with van der Waals surface area (Å²) in [4.78, 5) is 14.8. The molecule has 30 heavy (non-hydrogen) atoms. The summed E-state index contributed by atoms with van der Waals surface area (Å²) in [5.74, 6) is 1.07. The van der Waals surface area contributed by atoms with Crippen LogP contribution < -0.4 is 15.4 Å². The van der Waals surface area contributed by atoms with E-state index >= 15 is 0 Å². The van der Waals surface area contributed by atoms with E-state index in [2.05, 4.69) is 10.6 Å². The fraction of sp³-hybridized carbons (Fsp3) is 0.458. The molecule has 4 rings (SSSR count). The van der Waals surface area contributed by atoms with Crippen LogP contribution in [0.15, 0.2) is 48.5 Å². The average molecular weight is 412 g/mol. The number of ether oxygens (including phenoxy) is 1. The van der Waals surface area contributed by atoms with Crippen molar-refractivity contribution in [3.63, 3.8) is 0 Å². The first-order valence-electron chi connectivity index (χ1n) is 10.9. The van der Waals surface area contributed by atoms with Crippen LogP contribution in [0.2, 0.25) is 0 Å². The van der Waals surface area contributed by atoms with Gasteiger partial charge in [-0.25, -0.2) is 9.18 Å². The highest BCUT2D eigenvalue weighted by Crippen LogP contribution is 2.25. The van der Waals surface area contributed by atoms with E-state index in [0.717, 1.165) is 49.2 Å². The largest absolute Gasteiger partial charge is 0.490 e. The lowest BCUT2D eigenvalue weighted by Gasteiger charge is -2.27. The minimum absolute atomic E-state index is 0.0963. The summed E-state index contributed by atoms with van der Waals surface area (Å²) in [6.45, 7) is 3.54. The molecule has 1 atom stereocenters. The number of nitrogens with zero attached hydrogens (tertiary/aromatic N) is 1. The zero-order valence-electron chi connectivity index (χ0n) is 17.3. The smallest absolute Gasteiger partial charge is 0.317 e. The molecule has 0 aromatic heterocycles. The fourth-order valence-electron chi connectivity index (χ4n) is 3.87. The summed E-state index contributed by atoms with van der Waals surface area (Å²) in [6.07, 6.45) is 4.95. The number of carbonyl (C=O) groups is 1. The fourth-order valence-corrected chi connectivity index (χ4v) is 3.87. The highest BCUT2D eigenvalue weighted by atomic mass is 19.1. The van der Waals surface area contributed by atoms with Gasteiger partial charge in [-0.05, 0) is 80.1 Å². The van der Waals surface area contributed by atoms with Crippen molar-refractivity contribution in [1.29, 1.82) is 0 Å². The molecule has 1 saturated carbocycles. The maximum atomic E-state index is 13.2. The molecule has 0 spiro atoms. The first-order valence-corrected chi connectivity index (χ1v) is 10.9. The van der Waals surface area contributed by atoms with Crippen LogP contribution in [-0.2, 0) is 13.1 Å². The number of amides is 2. The summed E-state index contributed by atoms with van der Waals surface area (Å²) < 4.78 is 19.1. The Morgan fingerprint density at radius 3 is 2.43 bits per heavy atom. The van der Waals surface area contributed by atoms with Crippen LogP contribution in [0, 0.1) is 11.7 Å². The molecule has 1 aliphatic heterocycles. The number of hydrogen-bond acceptors (Lipinski definition) is 3. The summed E-state index contributed by atoms with van der Waals surface area (Å²) in [7, 11) is 0. The molecule has 2 amide bonds. The van der Waals surface area contributed by atoms with E-state index in [-0.39, 0.29) is 11.8 Å². The predicted octanol–water partition coefficient (Wildman–Crippen LogP) is 4.08. The number of hydrogen-bond donors (Lipinski definition) is 2. The van der Waals surface area contributed by atoms with Crippen molar-refractivity contribution in [2.45, 2.75) is 44.9 Å². The normalized spacial score (nSPS) is 18.6. The van der Waals surface area contributed by atoms with Gasteiger partial charge in [0.05, 0.1) is 6.10 Å². The molecule has 1 heterocycles. The molecular weight excluding hydrogens is 381 g/mol. The highest BCUT2D eigenvalue weighted by Gasteiger charge is 2.22. The van der Waals surface area contributed by atoms with Crippen LogP contribution in [0.3, 0.4) is 0 Å². The van der Waals surface area contributed by atoms with Crippen molar-refractivity contribution in [3.05, 3.63) is 65.5 Å². The number of halogens is 1. The van der Waals surface area contributed by atoms with Crippen LogP contribution in [0.1, 0.15) is 36.8 Å². The Balaban J connectivity index is 1.33. The average Bonchev–Trinajstić information content (AvgIpc) is 3.24. The number of nitrogens with one attached hydrogen (secondary N) is 2. The van der Waals surface area contributed by atoms with E-state index in [9.17, 15) is 9.18 Å². The van der Waals surface area contributed by atoms with Gasteiger partial charge in [0.15, 0.2) is 0 Å². The topological polar surface area (TPSA) is 53.6 Å². The lowest BCUT2D eigenvalue weighted by molar-refractivity contribution is 0.120. The number of rotatable bonds is 8. The summed E-state index contributed by atoms with van der Waals surface area (Å²) in [5.41, 5.74) is 1.96. The van der Waals surface area contributed by atoms with Gasteiger partial charge in [-0.3, -0.25) is 0 Å². The third-order valence-electron chi connectivity index (χ3n) is 5.94. The van der Waals surface area contributed by atoms with E-state index in [1.165, 1.54) is 18.6 Å². The van der Waals surface area contributed by atoms with Crippen LogP contribution in [-0.4, -0.2) is 36.7 Å². The third-order valence-corrected chi connectivity index (χ3v) is 5.94. The summed E-state index contributed by atoms with van der Waals surface area (Å²) in [6, 6.07) is 14.2. The zero-order valence-corrected chi connectivity index (χ0v) is 17.3. The van der Waals surface area contributed by atoms with E-state index in [1.54, 1.807) is 12.1 Å². The monoisotopic (exact) mass is 411 g/mol. The van der Waals surface area contributed by atoms with Gasteiger partial charge in [-0.2, -0.15) is 0 Å². The number of urea groups is 1. The van der Waals surface area contributed by atoms with Crippen molar-refractivity contribution < 1.29 is 13.9 Å². The van der Waals surface area contributed by atoms with Crippen LogP contribution in [0.4, 0.5) is 9.18 Å². The van der Waals surface area contributed by atoms with E-state index in [4.69, 9.17) is 4.74 Å². The Morgan fingerprint density at radius 1 is 1.07 bits per heavy atom. The van der Waals surface area contributed by atoms with Gasteiger partial charge in [-0.15, -0.1) is 0 Å². The van der Waals surface area contributed by atoms with Gasteiger partial charge in [0.25, 0.3) is 0 Å². The van der Waals surface area contributed by atoms with E-state index < -0.39 is 0 Å². The molecule has 2 N–H and O–H groups in total.